The first-order chi connectivity index (χ1) is 7.13. The van der Waals surface area contributed by atoms with Crippen LogP contribution in [0.4, 0.5) is 0 Å². The Morgan fingerprint density at radius 1 is 1.53 bits per heavy atom. The fourth-order valence-electron chi connectivity index (χ4n) is 1.09. The lowest BCUT2D eigenvalue weighted by molar-refractivity contribution is 0.271. The Morgan fingerprint density at radius 3 is 2.87 bits per heavy atom. The van der Waals surface area contributed by atoms with Gasteiger partial charge >= 0.3 is 0 Å². The van der Waals surface area contributed by atoms with Crippen molar-refractivity contribution in [2.45, 2.75) is 13.8 Å². The summed E-state index contributed by atoms with van der Waals surface area (Å²) >= 11 is 5.86. The van der Waals surface area contributed by atoms with Crippen molar-refractivity contribution in [2.75, 3.05) is 6.61 Å². The van der Waals surface area contributed by atoms with Crippen LogP contribution in [0.2, 0.25) is 5.02 Å². The largest absolute Gasteiger partial charge is 0.493 e. The minimum Gasteiger partial charge on any atom is -0.493 e. The number of benzene rings is 1. The Kier molecular flexibility index (Phi) is 4.43. The summed E-state index contributed by atoms with van der Waals surface area (Å²) in [4.78, 5) is 0. The highest BCUT2D eigenvalue weighted by molar-refractivity contribution is 6.30. The number of rotatable bonds is 4. The molecule has 0 aromatic heterocycles. The lowest BCUT2D eigenvalue weighted by atomic mass is 10.2. The topological polar surface area (TPSA) is 47.6 Å². The lowest BCUT2D eigenvalue weighted by Gasteiger charge is -2.11. The number of hydrogen-bond acceptors (Lipinski definition) is 3. The van der Waals surface area contributed by atoms with E-state index in [1.54, 1.807) is 12.1 Å². The second-order valence-corrected chi connectivity index (χ2v) is 4.10. The summed E-state index contributed by atoms with van der Waals surface area (Å²) < 4.78 is 5.60. The van der Waals surface area contributed by atoms with Crippen LogP contribution in [0, 0.1) is 5.92 Å². The van der Waals surface area contributed by atoms with Gasteiger partial charge in [-0.15, -0.1) is 0 Å². The summed E-state index contributed by atoms with van der Waals surface area (Å²) in [5.74, 6) is 6.33. The maximum absolute atomic E-state index is 5.86. The summed E-state index contributed by atoms with van der Waals surface area (Å²) in [6.45, 7) is 4.84. The van der Waals surface area contributed by atoms with Gasteiger partial charge in [0.05, 0.1) is 12.8 Å². The normalized spacial score (nSPS) is 11.2. The fraction of sp³-hybridized carbons (Fsp3) is 0.364. The van der Waals surface area contributed by atoms with Gasteiger partial charge < -0.3 is 10.6 Å². The molecule has 3 nitrogen and oxygen atoms in total. The molecule has 0 heterocycles. The van der Waals surface area contributed by atoms with Crippen LogP contribution in [0.5, 0.6) is 5.75 Å². The molecule has 1 aromatic carbocycles. The Bertz CT molecular complexity index is 350. The monoisotopic (exact) mass is 226 g/mol. The first-order valence-electron chi connectivity index (χ1n) is 4.79. The van der Waals surface area contributed by atoms with Crippen molar-refractivity contribution in [1.29, 1.82) is 0 Å². The van der Waals surface area contributed by atoms with E-state index in [-0.39, 0.29) is 0 Å². The van der Waals surface area contributed by atoms with E-state index in [0.29, 0.717) is 17.5 Å². The predicted octanol–water partition coefficient (Wildman–Crippen LogP) is 2.67. The first kappa shape index (κ1) is 11.9. The van der Waals surface area contributed by atoms with E-state index in [4.69, 9.17) is 22.2 Å². The molecule has 0 aliphatic carbocycles. The van der Waals surface area contributed by atoms with Crippen LogP contribution in [0.15, 0.2) is 23.3 Å². The van der Waals surface area contributed by atoms with Crippen LogP contribution < -0.4 is 10.6 Å². The molecule has 1 aromatic rings. The van der Waals surface area contributed by atoms with Gasteiger partial charge in [0.1, 0.15) is 5.75 Å². The van der Waals surface area contributed by atoms with Crippen LogP contribution in [0.1, 0.15) is 19.4 Å². The highest BCUT2D eigenvalue weighted by atomic mass is 35.5. The van der Waals surface area contributed by atoms with Gasteiger partial charge in [-0.1, -0.05) is 25.4 Å². The van der Waals surface area contributed by atoms with Crippen molar-refractivity contribution in [3.05, 3.63) is 28.8 Å². The molecule has 0 atom stereocenters. The number of hydrogen-bond donors (Lipinski definition) is 1. The molecule has 0 unspecified atom stereocenters. The highest BCUT2D eigenvalue weighted by Crippen LogP contribution is 2.21. The molecule has 2 N–H and O–H groups in total. The average Bonchev–Trinajstić information content (AvgIpc) is 2.17. The minimum atomic E-state index is 0.475. The van der Waals surface area contributed by atoms with Crippen molar-refractivity contribution < 1.29 is 4.74 Å². The summed E-state index contributed by atoms with van der Waals surface area (Å²) in [6, 6.07) is 5.38. The van der Waals surface area contributed by atoms with Crippen LogP contribution in [0.3, 0.4) is 0 Å². The van der Waals surface area contributed by atoms with Crippen molar-refractivity contribution in [3.63, 3.8) is 0 Å². The maximum atomic E-state index is 5.86. The van der Waals surface area contributed by atoms with Gasteiger partial charge in [0.15, 0.2) is 0 Å². The zero-order chi connectivity index (χ0) is 11.3. The van der Waals surface area contributed by atoms with Gasteiger partial charge in [-0.25, -0.2) is 0 Å². The van der Waals surface area contributed by atoms with Crippen LogP contribution in [-0.2, 0) is 0 Å². The molecule has 1 rings (SSSR count). The van der Waals surface area contributed by atoms with Crippen molar-refractivity contribution in [2.24, 2.45) is 16.9 Å². The smallest absolute Gasteiger partial charge is 0.128 e. The number of ether oxygens (including phenoxy) is 1. The molecule has 0 radical (unpaired) electrons. The predicted molar refractivity (Wildman–Crippen MR) is 63.6 cm³/mol. The average molecular weight is 227 g/mol. The van der Waals surface area contributed by atoms with Gasteiger partial charge in [-0.2, -0.15) is 5.10 Å². The van der Waals surface area contributed by atoms with E-state index in [0.717, 1.165) is 11.3 Å². The zero-order valence-corrected chi connectivity index (χ0v) is 9.66. The molecule has 4 heteroatoms. The fourth-order valence-corrected chi connectivity index (χ4v) is 1.27. The van der Waals surface area contributed by atoms with Crippen LogP contribution >= 0.6 is 11.6 Å². The van der Waals surface area contributed by atoms with Gasteiger partial charge in [-0.05, 0) is 24.1 Å². The number of nitrogens with two attached hydrogens (primary N) is 1. The lowest BCUT2D eigenvalue weighted by Crippen LogP contribution is -2.06. The SMILES string of the molecule is CC(C)COc1ccc(Cl)cc1C=NN. The Hall–Kier alpha value is -1.22. The molecule has 0 fully saturated rings. The standard InChI is InChI=1S/C11H15ClN2O/c1-8(2)7-15-11-4-3-10(12)5-9(11)6-14-13/h3-6,8H,7,13H2,1-2H3. The molecular formula is C11H15ClN2O. The number of nitrogens with zero attached hydrogens (tertiary/aromatic N) is 1. The molecule has 15 heavy (non-hydrogen) atoms. The van der Waals surface area contributed by atoms with E-state index < -0.39 is 0 Å². The second kappa shape index (κ2) is 5.61. The quantitative estimate of drug-likeness (QED) is 0.488. The number of halogens is 1. The van der Waals surface area contributed by atoms with Crippen molar-refractivity contribution in [3.8, 4) is 5.75 Å². The highest BCUT2D eigenvalue weighted by Gasteiger charge is 2.03. The third-order valence-corrected chi connectivity index (χ3v) is 1.99. The van der Waals surface area contributed by atoms with E-state index in [1.807, 2.05) is 6.07 Å². The second-order valence-electron chi connectivity index (χ2n) is 3.67. The van der Waals surface area contributed by atoms with E-state index in [9.17, 15) is 0 Å². The maximum Gasteiger partial charge on any atom is 0.128 e. The Balaban J connectivity index is 2.85. The Morgan fingerprint density at radius 2 is 2.27 bits per heavy atom. The molecule has 0 saturated heterocycles. The van der Waals surface area contributed by atoms with E-state index in [1.165, 1.54) is 6.21 Å². The van der Waals surface area contributed by atoms with Gasteiger partial charge in [-0.3, -0.25) is 0 Å². The van der Waals surface area contributed by atoms with Crippen LogP contribution in [-0.4, -0.2) is 12.8 Å². The van der Waals surface area contributed by atoms with Crippen molar-refractivity contribution in [1.82, 2.24) is 0 Å². The molecule has 0 saturated carbocycles. The first-order valence-corrected chi connectivity index (χ1v) is 5.17. The zero-order valence-electron chi connectivity index (χ0n) is 8.90. The van der Waals surface area contributed by atoms with Gasteiger partial charge in [0.2, 0.25) is 0 Å². The molecular weight excluding hydrogens is 212 g/mol. The summed E-state index contributed by atoms with van der Waals surface area (Å²) in [5, 5.41) is 4.11. The molecule has 0 bridgehead atoms. The molecule has 0 amide bonds. The molecule has 0 spiro atoms. The molecule has 0 aliphatic heterocycles. The summed E-state index contributed by atoms with van der Waals surface area (Å²) in [6.07, 6.45) is 1.53. The van der Waals surface area contributed by atoms with Gasteiger partial charge in [0, 0.05) is 10.6 Å². The minimum absolute atomic E-state index is 0.475. The third-order valence-electron chi connectivity index (χ3n) is 1.76. The number of hydrazone groups is 1. The Labute approximate surface area is 94.9 Å². The van der Waals surface area contributed by atoms with E-state index >= 15 is 0 Å². The molecule has 82 valence electrons. The van der Waals surface area contributed by atoms with Crippen molar-refractivity contribution >= 4 is 17.8 Å². The van der Waals surface area contributed by atoms with E-state index in [2.05, 4.69) is 18.9 Å². The molecule has 0 aliphatic rings. The summed E-state index contributed by atoms with van der Waals surface area (Å²) in [5.41, 5.74) is 0.797. The van der Waals surface area contributed by atoms with Gasteiger partial charge in [0.25, 0.3) is 0 Å². The van der Waals surface area contributed by atoms with Crippen LogP contribution in [0.25, 0.3) is 0 Å². The summed E-state index contributed by atoms with van der Waals surface area (Å²) in [7, 11) is 0. The third kappa shape index (κ3) is 3.80.